The summed E-state index contributed by atoms with van der Waals surface area (Å²) in [5, 5.41) is 1.08. The van der Waals surface area contributed by atoms with E-state index in [9.17, 15) is 0 Å². The van der Waals surface area contributed by atoms with Gasteiger partial charge in [-0.25, -0.2) is 15.0 Å². The molecule has 0 saturated carbocycles. The first-order valence-electron chi connectivity index (χ1n) is 7.40. The average molecular weight is 303 g/mol. The zero-order valence-electron chi connectivity index (χ0n) is 12.5. The van der Waals surface area contributed by atoms with Gasteiger partial charge in [-0.15, -0.1) is 11.3 Å². The van der Waals surface area contributed by atoms with E-state index in [1.54, 1.807) is 11.3 Å². The number of aryl methyl sites for hydroxylation is 2. The van der Waals surface area contributed by atoms with Crippen LogP contribution in [0, 0.1) is 19.8 Å². The van der Waals surface area contributed by atoms with Gasteiger partial charge >= 0.3 is 0 Å². The molecule has 112 valence electrons. The molecule has 2 N–H and O–H groups in total. The second kappa shape index (κ2) is 6.07. The third-order valence-electron chi connectivity index (χ3n) is 4.02. The number of hydrogen-bond acceptors (Lipinski definition) is 6. The maximum Gasteiger partial charge on any atom is 0.225 e. The van der Waals surface area contributed by atoms with Crippen molar-refractivity contribution in [3.8, 4) is 11.4 Å². The molecule has 0 atom stereocenters. The van der Waals surface area contributed by atoms with Gasteiger partial charge in [0, 0.05) is 24.2 Å². The molecule has 0 radical (unpaired) electrons. The molecule has 0 aliphatic carbocycles. The number of hydrogen-bond donors (Lipinski definition) is 1. The fourth-order valence-corrected chi connectivity index (χ4v) is 3.59. The van der Waals surface area contributed by atoms with Gasteiger partial charge in [0.2, 0.25) is 5.95 Å². The lowest BCUT2D eigenvalue weighted by Crippen LogP contribution is -2.37. The highest BCUT2D eigenvalue weighted by Crippen LogP contribution is 2.27. The number of nitrogens with two attached hydrogens (primary N) is 1. The summed E-state index contributed by atoms with van der Waals surface area (Å²) in [6.45, 7) is 6.88. The van der Waals surface area contributed by atoms with Crippen LogP contribution < -0.4 is 10.6 Å². The zero-order chi connectivity index (χ0) is 14.8. The molecule has 0 bridgehead atoms. The Kier molecular flexibility index (Phi) is 4.17. The predicted octanol–water partition coefficient (Wildman–Crippen LogP) is 2.39. The van der Waals surface area contributed by atoms with Crippen molar-refractivity contribution in [3.63, 3.8) is 0 Å². The lowest BCUT2D eigenvalue weighted by atomic mass is 9.97. The van der Waals surface area contributed by atoms with Crippen molar-refractivity contribution in [2.24, 2.45) is 11.7 Å². The van der Waals surface area contributed by atoms with E-state index in [2.05, 4.69) is 21.8 Å². The second-order valence-electron chi connectivity index (χ2n) is 5.55. The topological polar surface area (TPSA) is 67.9 Å². The monoisotopic (exact) mass is 303 g/mol. The Hall–Kier alpha value is -1.53. The molecular formula is C15H21N5S. The van der Waals surface area contributed by atoms with Crippen LogP contribution in [0.25, 0.3) is 11.4 Å². The quantitative estimate of drug-likeness (QED) is 0.943. The van der Waals surface area contributed by atoms with Gasteiger partial charge in [0.1, 0.15) is 5.69 Å². The van der Waals surface area contributed by atoms with Crippen LogP contribution in [0.5, 0.6) is 0 Å². The van der Waals surface area contributed by atoms with E-state index >= 15 is 0 Å². The van der Waals surface area contributed by atoms with Crippen molar-refractivity contribution < 1.29 is 0 Å². The molecule has 21 heavy (non-hydrogen) atoms. The van der Waals surface area contributed by atoms with E-state index in [1.807, 2.05) is 19.2 Å². The maximum atomic E-state index is 5.75. The number of anilines is 1. The highest BCUT2D eigenvalue weighted by Gasteiger charge is 2.20. The lowest BCUT2D eigenvalue weighted by Gasteiger charge is -2.31. The smallest absolute Gasteiger partial charge is 0.225 e. The van der Waals surface area contributed by atoms with Gasteiger partial charge in [0.15, 0.2) is 0 Å². The first-order valence-corrected chi connectivity index (χ1v) is 8.21. The molecule has 0 unspecified atom stereocenters. The molecule has 0 aromatic carbocycles. The molecule has 1 saturated heterocycles. The Balaban J connectivity index is 1.82. The number of rotatable bonds is 3. The third kappa shape index (κ3) is 3.06. The molecule has 3 heterocycles. The van der Waals surface area contributed by atoms with Gasteiger partial charge in [0.25, 0.3) is 0 Å². The largest absolute Gasteiger partial charge is 0.341 e. The summed E-state index contributed by atoms with van der Waals surface area (Å²) in [6.07, 6.45) is 4.08. The van der Waals surface area contributed by atoms with E-state index in [0.29, 0.717) is 5.92 Å². The first kappa shape index (κ1) is 14.4. The first-order chi connectivity index (χ1) is 10.2. The van der Waals surface area contributed by atoms with Crippen LogP contribution in [-0.2, 0) is 0 Å². The molecule has 6 heteroatoms. The summed E-state index contributed by atoms with van der Waals surface area (Å²) in [7, 11) is 0. The highest BCUT2D eigenvalue weighted by atomic mass is 32.1. The molecule has 0 amide bonds. The van der Waals surface area contributed by atoms with Crippen LogP contribution in [0.3, 0.4) is 0 Å². The summed E-state index contributed by atoms with van der Waals surface area (Å²) in [5.41, 5.74) is 7.65. The Bertz CT molecular complexity index is 616. The summed E-state index contributed by atoms with van der Waals surface area (Å²) in [4.78, 5) is 17.2. The fourth-order valence-electron chi connectivity index (χ4n) is 2.77. The lowest BCUT2D eigenvalue weighted by molar-refractivity contribution is 0.411. The van der Waals surface area contributed by atoms with Crippen LogP contribution in [0.2, 0.25) is 0 Å². The average Bonchev–Trinajstić information content (AvgIpc) is 2.86. The highest BCUT2D eigenvalue weighted by molar-refractivity contribution is 7.11. The number of piperidine rings is 1. The van der Waals surface area contributed by atoms with E-state index in [-0.39, 0.29) is 0 Å². The Morgan fingerprint density at radius 3 is 2.67 bits per heavy atom. The van der Waals surface area contributed by atoms with Crippen LogP contribution in [-0.4, -0.2) is 34.6 Å². The predicted molar refractivity (Wildman–Crippen MR) is 86.6 cm³/mol. The van der Waals surface area contributed by atoms with Crippen LogP contribution >= 0.6 is 11.3 Å². The summed E-state index contributed by atoms with van der Waals surface area (Å²) in [5.74, 6) is 1.46. The van der Waals surface area contributed by atoms with Gasteiger partial charge < -0.3 is 10.6 Å². The molecule has 5 nitrogen and oxygen atoms in total. The Morgan fingerprint density at radius 2 is 2.05 bits per heavy atom. The molecule has 0 spiro atoms. The van der Waals surface area contributed by atoms with Crippen LogP contribution in [0.1, 0.15) is 22.7 Å². The van der Waals surface area contributed by atoms with Crippen molar-refractivity contribution in [1.82, 2.24) is 15.0 Å². The normalized spacial score (nSPS) is 16.4. The number of thiazole rings is 1. The van der Waals surface area contributed by atoms with Crippen molar-refractivity contribution in [2.75, 3.05) is 24.5 Å². The van der Waals surface area contributed by atoms with Crippen molar-refractivity contribution >= 4 is 17.3 Å². The minimum absolute atomic E-state index is 0.646. The van der Waals surface area contributed by atoms with Crippen LogP contribution in [0.15, 0.2) is 12.3 Å². The van der Waals surface area contributed by atoms with E-state index in [4.69, 9.17) is 10.7 Å². The number of aromatic nitrogens is 3. The Morgan fingerprint density at radius 1 is 1.29 bits per heavy atom. The summed E-state index contributed by atoms with van der Waals surface area (Å²) >= 11 is 1.71. The van der Waals surface area contributed by atoms with Gasteiger partial charge in [0.05, 0.1) is 10.7 Å². The van der Waals surface area contributed by atoms with Gasteiger partial charge in [-0.05, 0) is 45.2 Å². The molecular weight excluding hydrogens is 282 g/mol. The standard InChI is InChI=1S/C15H21N5S/c1-10-14(18-11(2)21-10)13-3-6-17-15(19-13)20-7-4-12(9-16)5-8-20/h3,6,12H,4-5,7-9,16H2,1-2H3. The van der Waals surface area contributed by atoms with E-state index in [0.717, 1.165) is 54.8 Å². The minimum Gasteiger partial charge on any atom is -0.341 e. The second-order valence-corrected chi connectivity index (χ2v) is 6.95. The fraction of sp³-hybridized carbons (Fsp3) is 0.533. The van der Waals surface area contributed by atoms with Crippen molar-refractivity contribution in [3.05, 3.63) is 22.1 Å². The SMILES string of the molecule is Cc1nc(-c2ccnc(N3CCC(CN)CC3)n2)c(C)s1. The van der Waals surface area contributed by atoms with Crippen molar-refractivity contribution in [1.29, 1.82) is 0 Å². The maximum absolute atomic E-state index is 5.75. The molecule has 1 fully saturated rings. The van der Waals surface area contributed by atoms with Crippen LogP contribution in [0.4, 0.5) is 5.95 Å². The van der Waals surface area contributed by atoms with Gasteiger partial charge in [-0.2, -0.15) is 0 Å². The summed E-state index contributed by atoms with van der Waals surface area (Å²) in [6, 6.07) is 1.94. The van der Waals surface area contributed by atoms with E-state index < -0.39 is 0 Å². The summed E-state index contributed by atoms with van der Waals surface area (Å²) < 4.78 is 0. The molecule has 1 aliphatic heterocycles. The Labute approximate surface area is 129 Å². The van der Waals surface area contributed by atoms with Gasteiger partial charge in [-0.3, -0.25) is 0 Å². The zero-order valence-corrected chi connectivity index (χ0v) is 13.4. The van der Waals surface area contributed by atoms with Crippen molar-refractivity contribution in [2.45, 2.75) is 26.7 Å². The minimum atomic E-state index is 0.646. The third-order valence-corrected chi connectivity index (χ3v) is 4.91. The molecule has 3 rings (SSSR count). The van der Waals surface area contributed by atoms with Gasteiger partial charge in [-0.1, -0.05) is 0 Å². The number of nitrogens with zero attached hydrogens (tertiary/aromatic N) is 4. The molecule has 2 aromatic heterocycles. The molecule has 2 aromatic rings. The molecule has 1 aliphatic rings. The van der Waals surface area contributed by atoms with E-state index in [1.165, 1.54) is 4.88 Å².